The van der Waals surface area contributed by atoms with E-state index in [2.05, 4.69) is 30.8 Å². The Hall–Kier alpha value is -0.480. The summed E-state index contributed by atoms with van der Waals surface area (Å²) in [5.41, 5.74) is 7.32. The van der Waals surface area contributed by atoms with Crippen molar-refractivity contribution in [3.8, 4) is 0 Å². The molecule has 0 unspecified atom stereocenters. The number of rotatable bonds is 7. The van der Waals surface area contributed by atoms with Gasteiger partial charge in [0.25, 0.3) is 0 Å². The van der Waals surface area contributed by atoms with Gasteiger partial charge in [-0.2, -0.15) is 0 Å². The number of likely N-dealkylation sites (N-methyl/N-ethyl adjacent to an activating group) is 1. The van der Waals surface area contributed by atoms with Gasteiger partial charge >= 0.3 is 0 Å². The molecule has 0 amide bonds. The second-order valence-corrected chi connectivity index (χ2v) is 5.87. The predicted molar refractivity (Wildman–Crippen MR) is 85.0 cm³/mol. The van der Waals surface area contributed by atoms with Crippen LogP contribution in [0, 0.1) is 0 Å². The SMILES string of the molecule is CCCN(CCN(C)C)Cc1cc(Cl)c(N)c(Cl)c1. The molecule has 0 saturated carbocycles. The molecule has 0 aliphatic heterocycles. The third-order valence-electron chi connectivity index (χ3n) is 2.95. The van der Waals surface area contributed by atoms with Crippen molar-refractivity contribution >= 4 is 28.9 Å². The fourth-order valence-electron chi connectivity index (χ4n) is 1.91. The predicted octanol–water partition coefficient (Wildman–Crippen LogP) is 3.35. The number of anilines is 1. The van der Waals surface area contributed by atoms with Gasteiger partial charge in [-0.25, -0.2) is 0 Å². The van der Waals surface area contributed by atoms with Crippen LogP contribution in [0.1, 0.15) is 18.9 Å². The largest absolute Gasteiger partial charge is 0.396 e. The highest BCUT2D eigenvalue weighted by molar-refractivity contribution is 6.38. The molecule has 0 bridgehead atoms. The van der Waals surface area contributed by atoms with Gasteiger partial charge in [0.15, 0.2) is 0 Å². The topological polar surface area (TPSA) is 32.5 Å². The summed E-state index contributed by atoms with van der Waals surface area (Å²) < 4.78 is 0. The van der Waals surface area contributed by atoms with E-state index < -0.39 is 0 Å². The summed E-state index contributed by atoms with van der Waals surface area (Å²) in [5.74, 6) is 0. The van der Waals surface area contributed by atoms with E-state index in [9.17, 15) is 0 Å². The first-order valence-electron chi connectivity index (χ1n) is 6.54. The molecular formula is C14H23Cl2N3. The van der Waals surface area contributed by atoms with Gasteiger partial charge in [0.05, 0.1) is 15.7 Å². The van der Waals surface area contributed by atoms with Gasteiger partial charge in [-0.1, -0.05) is 30.1 Å². The van der Waals surface area contributed by atoms with Gasteiger partial charge in [-0.05, 0) is 44.8 Å². The van der Waals surface area contributed by atoms with Crippen LogP contribution in [0.4, 0.5) is 5.69 Å². The lowest BCUT2D eigenvalue weighted by atomic mass is 10.2. The number of nitrogens with two attached hydrogens (primary N) is 1. The van der Waals surface area contributed by atoms with E-state index in [1.54, 1.807) is 0 Å². The molecule has 3 nitrogen and oxygen atoms in total. The van der Waals surface area contributed by atoms with E-state index in [4.69, 9.17) is 28.9 Å². The summed E-state index contributed by atoms with van der Waals surface area (Å²) in [6.45, 7) is 6.16. The first-order valence-corrected chi connectivity index (χ1v) is 7.30. The van der Waals surface area contributed by atoms with E-state index in [-0.39, 0.29) is 0 Å². The van der Waals surface area contributed by atoms with Crippen molar-refractivity contribution < 1.29 is 0 Å². The highest BCUT2D eigenvalue weighted by Gasteiger charge is 2.09. The second kappa shape index (κ2) is 7.95. The molecule has 5 heteroatoms. The Kier molecular flexibility index (Phi) is 6.94. The lowest BCUT2D eigenvalue weighted by Crippen LogP contribution is -2.32. The first kappa shape index (κ1) is 16.6. The van der Waals surface area contributed by atoms with Crippen LogP contribution >= 0.6 is 23.2 Å². The van der Waals surface area contributed by atoms with Crippen molar-refractivity contribution in [2.24, 2.45) is 0 Å². The molecule has 0 aliphatic carbocycles. The quantitative estimate of drug-likeness (QED) is 0.784. The van der Waals surface area contributed by atoms with Gasteiger partial charge in [0.1, 0.15) is 0 Å². The summed E-state index contributed by atoms with van der Waals surface area (Å²) in [7, 11) is 4.17. The van der Waals surface area contributed by atoms with Crippen LogP contribution in [0.2, 0.25) is 10.0 Å². The summed E-state index contributed by atoms with van der Waals surface area (Å²) in [6.07, 6.45) is 1.13. The van der Waals surface area contributed by atoms with Gasteiger partial charge in [0.2, 0.25) is 0 Å². The van der Waals surface area contributed by atoms with Crippen LogP contribution in [0.5, 0.6) is 0 Å². The lowest BCUT2D eigenvalue weighted by molar-refractivity contribution is 0.234. The molecule has 0 spiro atoms. The van der Waals surface area contributed by atoms with Crippen LogP contribution in [0.3, 0.4) is 0 Å². The standard InChI is InChI=1S/C14H23Cl2N3/c1-4-5-19(7-6-18(2)3)10-11-8-12(15)14(17)13(16)9-11/h8-9H,4-7,10,17H2,1-3H3. The van der Waals surface area contributed by atoms with Crippen molar-refractivity contribution in [1.82, 2.24) is 9.80 Å². The molecule has 2 N–H and O–H groups in total. The maximum atomic E-state index is 6.07. The minimum Gasteiger partial charge on any atom is -0.396 e. The van der Waals surface area contributed by atoms with Crippen LogP contribution < -0.4 is 5.73 Å². The third kappa shape index (κ3) is 5.57. The van der Waals surface area contributed by atoms with Gasteiger partial charge in [0, 0.05) is 19.6 Å². The Morgan fingerprint density at radius 3 is 2.11 bits per heavy atom. The van der Waals surface area contributed by atoms with E-state index in [1.807, 2.05) is 12.1 Å². The smallest absolute Gasteiger partial charge is 0.0693 e. The summed E-state index contributed by atoms with van der Waals surface area (Å²) >= 11 is 12.1. The van der Waals surface area contributed by atoms with Crippen LogP contribution in [0.15, 0.2) is 12.1 Å². The number of nitrogen functional groups attached to an aromatic ring is 1. The first-order chi connectivity index (χ1) is 8.93. The zero-order valence-corrected chi connectivity index (χ0v) is 13.4. The Balaban J connectivity index is 2.72. The molecule has 1 rings (SSSR count). The van der Waals surface area contributed by atoms with Gasteiger partial charge in [-0.15, -0.1) is 0 Å². The number of halogens is 2. The molecule has 0 radical (unpaired) electrons. The molecule has 0 fully saturated rings. The summed E-state index contributed by atoms with van der Waals surface area (Å²) in [4.78, 5) is 4.59. The minimum atomic E-state index is 0.461. The Morgan fingerprint density at radius 1 is 1.05 bits per heavy atom. The minimum absolute atomic E-state index is 0.461. The van der Waals surface area contributed by atoms with Crippen LogP contribution in [0.25, 0.3) is 0 Å². The number of hydrogen-bond donors (Lipinski definition) is 1. The van der Waals surface area contributed by atoms with Crippen LogP contribution in [-0.4, -0.2) is 43.5 Å². The normalized spacial score (nSPS) is 11.5. The molecule has 19 heavy (non-hydrogen) atoms. The molecule has 0 heterocycles. The van der Waals surface area contributed by atoms with E-state index >= 15 is 0 Å². The molecule has 0 aliphatic rings. The van der Waals surface area contributed by atoms with Crippen molar-refractivity contribution in [2.45, 2.75) is 19.9 Å². The fraction of sp³-hybridized carbons (Fsp3) is 0.571. The third-order valence-corrected chi connectivity index (χ3v) is 3.57. The zero-order chi connectivity index (χ0) is 14.4. The highest BCUT2D eigenvalue weighted by Crippen LogP contribution is 2.29. The average Bonchev–Trinajstić information content (AvgIpc) is 2.33. The number of nitrogens with zero attached hydrogens (tertiary/aromatic N) is 2. The Morgan fingerprint density at radius 2 is 1.63 bits per heavy atom. The average molecular weight is 304 g/mol. The molecular weight excluding hydrogens is 281 g/mol. The van der Waals surface area contributed by atoms with Gasteiger partial charge < -0.3 is 10.6 Å². The zero-order valence-electron chi connectivity index (χ0n) is 11.9. The molecule has 108 valence electrons. The fourth-order valence-corrected chi connectivity index (χ4v) is 2.45. The second-order valence-electron chi connectivity index (χ2n) is 5.05. The molecule has 0 aromatic heterocycles. The molecule has 1 aromatic rings. The van der Waals surface area contributed by atoms with Crippen molar-refractivity contribution in [3.05, 3.63) is 27.7 Å². The van der Waals surface area contributed by atoms with E-state index in [1.165, 1.54) is 0 Å². The number of hydrogen-bond acceptors (Lipinski definition) is 3. The molecule has 0 atom stereocenters. The lowest BCUT2D eigenvalue weighted by Gasteiger charge is -2.24. The van der Waals surface area contributed by atoms with E-state index in [0.29, 0.717) is 15.7 Å². The monoisotopic (exact) mass is 303 g/mol. The Labute approximate surface area is 126 Å². The van der Waals surface area contributed by atoms with Crippen molar-refractivity contribution in [3.63, 3.8) is 0 Å². The Bertz CT molecular complexity index is 385. The summed E-state index contributed by atoms with van der Waals surface area (Å²) in [6, 6.07) is 3.81. The highest BCUT2D eigenvalue weighted by atomic mass is 35.5. The summed E-state index contributed by atoms with van der Waals surface area (Å²) in [5, 5.41) is 1.07. The van der Waals surface area contributed by atoms with Crippen molar-refractivity contribution in [1.29, 1.82) is 0 Å². The molecule has 0 saturated heterocycles. The maximum absolute atomic E-state index is 6.07. The van der Waals surface area contributed by atoms with Crippen LogP contribution in [-0.2, 0) is 6.54 Å². The van der Waals surface area contributed by atoms with Crippen molar-refractivity contribution in [2.75, 3.05) is 39.5 Å². The van der Waals surface area contributed by atoms with Gasteiger partial charge in [-0.3, -0.25) is 4.90 Å². The number of benzene rings is 1. The maximum Gasteiger partial charge on any atom is 0.0693 e. The molecule has 1 aromatic carbocycles. The van der Waals surface area contributed by atoms with E-state index in [0.717, 1.165) is 38.2 Å².